The van der Waals surface area contributed by atoms with Gasteiger partial charge in [0.25, 0.3) is 0 Å². The Balaban J connectivity index is 2.03. The third-order valence-corrected chi connectivity index (χ3v) is 3.89. The summed E-state index contributed by atoms with van der Waals surface area (Å²) in [5.41, 5.74) is 3.89. The molecule has 2 heteroatoms. The van der Waals surface area contributed by atoms with Crippen LogP contribution in [0.15, 0.2) is 89.3 Å². The van der Waals surface area contributed by atoms with Crippen molar-refractivity contribution >= 4 is 11.0 Å². The maximum absolute atomic E-state index is 9.79. The van der Waals surface area contributed by atoms with Crippen molar-refractivity contribution in [3.8, 4) is 28.2 Å². The summed E-state index contributed by atoms with van der Waals surface area (Å²) in [5, 5.41) is 10.8. The van der Waals surface area contributed by atoms with Crippen molar-refractivity contribution in [3.05, 3.63) is 84.9 Å². The first kappa shape index (κ1) is 13.5. The van der Waals surface area contributed by atoms with Gasteiger partial charge in [-0.1, -0.05) is 48.5 Å². The van der Waals surface area contributed by atoms with E-state index in [4.69, 9.17) is 4.42 Å². The summed E-state index contributed by atoms with van der Waals surface area (Å²) < 4.78 is 6.03. The molecule has 0 spiro atoms. The Morgan fingerprint density at radius 3 is 2.00 bits per heavy atom. The molecule has 3 aromatic carbocycles. The molecule has 0 fully saturated rings. The maximum Gasteiger partial charge on any atom is 0.365 e. The van der Waals surface area contributed by atoms with Crippen LogP contribution in [-0.2, 0) is 0 Å². The van der Waals surface area contributed by atoms with Crippen LogP contribution in [0.2, 0.25) is 0 Å². The second-order valence-corrected chi connectivity index (χ2v) is 5.44. The molecule has 2 nitrogen and oxygen atoms in total. The molecule has 110 valence electrons. The average molecular weight is 299 g/mol. The number of fused-ring (bicyclic) bond motifs is 1. The van der Waals surface area contributed by atoms with Crippen molar-refractivity contribution in [2.45, 2.75) is 0 Å². The monoisotopic (exact) mass is 299 g/mol. The van der Waals surface area contributed by atoms with Crippen molar-refractivity contribution in [1.82, 2.24) is 0 Å². The van der Waals surface area contributed by atoms with E-state index in [-0.39, 0.29) is 5.75 Å². The molecule has 4 aromatic rings. The molecular weight excluding hydrogens is 284 g/mol. The SMILES string of the molecule is Oc1ccc2c(-c3ccccc3)cc(-c3ccccc3)[o+]c2c1. The molecule has 1 heterocycles. The molecule has 1 N–H and O–H groups in total. The van der Waals surface area contributed by atoms with Gasteiger partial charge < -0.3 is 5.11 Å². The number of rotatable bonds is 2. The molecule has 23 heavy (non-hydrogen) atoms. The van der Waals surface area contributed by atoms with Gasteiger partial charge in [0.15, 0.2) is 0 Å². The molecule has 0 atom stereocenters. The Hall–Kier alpha value is -3.13. The number of hydrogen-bond donors (Lipinski definition) is 1. The van der Waals surface area contributed by atoms with Crippen LogP contribution in [-0.4, -0.2) is 5.11 Å². The molecule has 4 rings (SSSR count). The lowest BCUT2D eigenvalue weighted by molar-refractivity contribution is 0.474. The van der Waals surface area contributed by atoms with Gasteiger partial charge in [0.1, 0.15) is 5.75 Å². The Morgan fingerprint density at radius 1 is 0.652 bits per heavy atom. The smallest absolute Gasteiger partial charge is 0.365 e. The van der Waals surface area contributed by atoms with Gasteiger partial charge >= 0.3 is 11.3 Å². The van der Waals surface area contributed by atoms with Crippen LogP contribution in [0.4, 0.5) is 0 Å². The fourth-order valence-corrected chi connectivity index (χ4v) is 2.78. The predicted octanol–water partition coefficient (Wildman–Crippen LogP) is 5.75. The van der Waals surface area contributed by atoms with E-state index >= 15 is 0 Å². The molecule has 0 amide bonds. The highest BCUT2D eigenvalue weighted by molar-refractivity contribution is 5.95. The fraction of sp³-hybridized carbons (Fsp3) is 0. The third kappa shape index (κ3) is 2.55. The lowest BCUT2D eigenvalue weighted by Gasteiger charge is -2.03. The minimum atomic E-state index is 0.200. The van der Waals surface area contributed by atoms with E-state index in [1.165, 1.54) is 0 Å². The molecule has 0 aliphatic rings. The molecule has 0 aliphatic carbocycles. The van der Waals surface area contributed by atoms with Gasteiger partial charge in [0, 0.05) is 5.56 Å². The van der Waals surface area contributed by atoms with Crippen molar-refractivity contribution in [1.29, 1.82) is 0 Å². The zero-order valence-electron chi connectivity index (χ0n) is 12.4. The molecule has 1 aromatic heterocycles. The van der Waals surface area contributed by atoms with E-state index in [1.54, 1.807) is 12.1 Å². The van der Waals surface area contributed by atoms with Crippen LogP contribution in [0.25, 0.3) is 33.4 Å². The molecule has 0 saturated carbocycles. The van der Waals surface area contributed by atoms with Gasteiger partial charge in [0.05, 0.1) is 23.1 Å². The quantitative estimate of drug-likeness (QED) is 0.478. The average Bonchev–Trinajstić information content (AvgIpc) is 2.62. The fourth-order valence-electron chi connectivity index (χ4n) is 2.78. The van der Waals surface area contributed by atoms with Crippen molar-refractivity contribution < 1.29 is 9.52 Å². The second kappa shape index (κ2) is 5.58. The standard InChI is InChI=1S/C21H14O2/c22-17-11-12-18-19(15-7-3-1-4-8-15)14-20(23-21(18)13-17)16-9-5-2-6-10-16/h1-14H/p+1. The number of phenols is 1. The summed E-state index contributed by atoms with van der Waals surface area (Å²) in [6.45, 7) is 0. The first-order chi connectivity index (χ1) is 11.3. The van der Waals surface area contributed by atoms with E-state index < -0.39 is 0 Å². The molecule has 0 unspecified atom stereocenters. The molecular formula is C21H15O2+. The number of hydrogen-bond acceptors (Lipinski definition) is 1. The van der Waals surface area contributed by atoms with Gasteiger partial charge in [-0.2, -0.15) is 0 Å². The van der Waals surface area contributed by atoms with E-state index in [0.29, 0.717) is 5.58 Å². The number of benzene rings is 3. The molecule has 0 radical (unpaired) electrons. The lowest BCUT2D eigenvalue weighted by Crippen LogP contribution is -1.85. The summed E-state index contributed by atoms with van der Waals surface area (Å²) in [7, 11) is 0. The third-order valence-electron chi connectivity index (χ3n) is 3.89. The molecule has 0 saturated heterocycles. The highest BCUT2D eigenvalue weighted by Gasteiger charge is 2.20. The summed E-state index contributed by atoms with van der Waals surface area (Å²) in [5.74, 6) is 0.980. The van der Waals surface area contributed by atoms with E-state index in [1.807, 2.05) is 54.6 Å². The predicted molar refractivity (Wildman–Crippen MR) is 93.2 cm³/mol. The maximum atomic E-state index is 9.79. The van der Waals surface area contributed by atoms with Crippen molar-refractivity contribution in [2.75, 3.05) is 0 Å². The van der Waals surface area contributed by atoms with Crippen molar-refractivity contribution in [2.24, 2.45) is 0 Å². The summed E-state index contributed by atoms with van der Waals surface area (Å²) in [4.78, 5) is 0. The van der Waals surface area contributed by atoms with Gasteiger partial charge in [-0.05, 0) is 29.8 Å². The van der Waals surface area contributed by atoms with Crippen LogP contribution in [0.3, 0.4) is 0 Å². The van der Waals surface area contributed by atoms with Crippen LogP contribution in [0, 0.1) is 0 Å². The first-order valence-electron chi connectivity index (χ1n) is 7.52. The Labute approximate surface area is 134 Å². The number of aromatic hydroxyl groups is 1. The van der Waals surface area contributed by atoms with Crippen molar-refractivity contribution in [3.63, 3.8) is 0 Å². The van der Waals surface area contributed by atoms with Gasteiger partial charge in [-0.3, -0.25) is 0 Å². The summed E-state index contributed by atoms with van der Waals surface area (Å²) >= 11 is 0. The van der Waals surface area contributed by atoms with Crippen LogP contribution in [0.5, 0.6) is 5.75 Å². The number of phenolic OH excluding ortho intramolecular Hbond substituents is 1. The van der Waals surface area contributed by atoms with E-state index in [9.17, 15) is 5.11 Å². The minimum absolute atomic E-state index is 0.200. The van der Waals surface area contributed by atoms with Crippen LogP contribution >= 0.6 is 0 Å². The zero-order chi connectivity index (χ0) is 15.6. The Morgan fingerprint density at radius 2 is 1.30 bits per heavy atom. The van der Waals surface area contributed by atoms with Gasteiger partial charge in [0.2, 0.25) is 0 Å². The van der Waals surface area contributed by atoms with E-state index in [2.05, 4.69) is 18.2 Å². The van der Waals surface area contributed by atoms with Crippen LogP contribution in [0.1, 0.15) is 0 Å². The first-order valence-corrected chi connectivity index (χ1v) is 7.52. The zero-order valence-corrected chi connectivity index (χ0v) is 12.4. The largest absolute Gasteiger partial charge is 0.508 e. The highest BCUT2D eigenvalue weighted by atomic mass is 16.3. The summed E-state index contributed by atoms with van der Waals surface area (Å²) in [6, 6.07) is 27.5. The Kier molecular flexibility index (Phi) is 3.28. The van der Waals surface area contributed by atoms with Gasteiger partial charge in [-0.15, -0.1) is 0 Å². The second-order valence-electron chi connectivity index (χ2n) is 5.44. The lowest BCUT2D eigenvalue weighted by atomic mass is 9.99. The molecule has 0 aliphatic heterocycles. The highest BCUT2D eigenvalue weighted by Crippen LogP contribution is 2.35. The minimum Gasteiger partial charge on any atom is -0.508 e. The molecule has 0 bridgehead atoms. The van der Waals surface area contributed by atoms with Gasteiger partial charge in [-0.25, -0.2) is 4.42 Å². The topological polar surface area (TPSA) is 31.5 Å². The van der Waals surface area contributed by atoms with E-state index in [0.717, 1.165) is 27.8 Å². The summed E-state index contributed by atoms with van der Waals surface area (Å²) in [6.07, 6.45) is 0. The van der Waals surface area contributed by atoms with Crippen LogP contribution < -0.4 is 0 Å². The normalized spacial score (nSPS) is 10.8. The Bertz CT molecular complexity index is 961.